The van der Waals surface area contributed by atoms with Crippen molar-refractivity contribution in [1.29, 1.82) is 0 Å². The molecule has 0 aliphatic rings. The van der Waals surface area contributed by atoms with Crippen molar-refractivity contribution in [3.63, 3.8) is 0 Å². The Morgan fingerprint density at radius 1 is 1.39 bits per heavy atom. The molecule has 18 heavy (non-hydrogen) atoms. The highest BCUT2D eigenvalue weighted by Gasteiger charge is 2.16. The van der Waals surface area contributed by atoms with Crippen LogP contribution in [0.4, 0.5) is 10.1 Å². The van der Waals surface area contributed by atoms with Gasteiger partial charge in [0.2, 0.25) is 10.0 Å². The minimum atomic E-state index is -3.86. The average Bonchev–Trinajstić information content (AvgIpc) is 2.26. The smallest absolute Gasteiger partial charge is 0.238 e. The summed E-state index contributed by atoms with van der Waals surface area (Å²) in [4.78, 5) is -0.222. The van der Waals surface area contributed by atoms with Crippen LogP contribution in [0.2, 0.25) is 0 Å². The van der Waals surface area contributed by atoms with Crippen LogP contribution >= 0.6 is 0 Å². The van der Waals surface area contributed by atoms with Crippen molar-refractivity contribution in [2.24, 2.45) is 10.6 Å². The molecular formula is C12H19FN2O2S. The van der Waals surface area contributed by atoms with E-state index in [4.69, 9.17) is 5.14 Å². The number of anilines is 1. The van der Waals surface area contributed by atoms with E-state index in [2.05, 4.69) is 26.1 Å². The van der Waals surface area contributed by atoms with Gasteiger partial charge in [-0.3, -0.25) is 0 Å². The molecule has 0 radical (unpaired) electrons. The molecule has 0 fully saturated rings. The van der Waals surface area contributed by atoms with Crippen molar-refractivity contribution < 1.29 is 12.8 Å². The van der Waals surface area contributed by atoms with Gasteiger partial charge in [-0.25, -0.2) is 17.9 Å². The molecule has 102 valence electrons. The van der Waals surface area contributed by atoms with Gasteiger partial charge in [-0.05, 0) is 30.0 Å². The van der Waals surface area contributed by atoms with Crippen LogP contribution < -0.4 is 10.5 Å². The number of halogens is 1. The fraction of sp³-hybridized carbons (Fsp3) is 0.500. The second kappa shape index (κ2) is 5.24. The first-order valence-electron chi connectivity index (χ1n) is 5.72. The molecule has 4 nitrogen and oxygen atoms in total. The highest BCUT2D eigenvalue weighted by molar-refractivity contribution is 7.89. The molecular weight excluding hydrogens is 255 g/mol. The Kier molecular flexibility index (Phi) is 4.34. The lowest BCUT2D eigenvalue weighted by Gasteiger charge is -2.23. The highest BCUT2D eigenvalue weighted by atomic mass is 32.2. The minimum Gasteiger partial charge on any atom is -0.382 e. The molecule has 1 aromatic rings. The van der Waals surface area contributed by atoms with Gasteiger partial charge in [-0.2, -0.15) is 0 Å². The lowest BCUT2D eigenvalue weighted by atomic mass is 9.90. The molecule has 1 rings (SSSR count). The van der Waals surface area contributed by atoms with E-state index in [0.29, 0.717) is 6.54 Å². The van der Waals surface area contributed by atoms with Crippen molar-refractivity contribution in [1.82, 2.24) is 0 Å². The average molecular weight is 274 g/mol. The first-order valence-corrected chi connectivity index (χ1v) is 7.26. The molecule has 0 saturated carbocycles. The monoisotopic (exact) mass is 274 g/mol. The Bertz CT molecular complexity index is 527. The molecule has 0 aliphatic carbocycles. The maximum atomic E-state index is 13.7. The highest BCUT2D eigenvalue weighted by Crippen LogP contribution is 2.23. The molecule has 0 saturated heterocycles. The number of benzene rings is 1. The maximum absolute atomic E-state index is 13.7. The summed E-state index contributed by atoms with van der Waals surface area (Å²) in [5.41, 5.74) is 0.328. The lowest BCUT2D eigenvalue weighted by molar-refractivity contribution is 0.376. The fourth-order valence-electron chi connectivity index (χ4n) is 1.28. The third kappa shape index (κ3) is 3.96. The third-order valence-corrected chi connectivity index (χ3v) is 3.89. The Morgan fingerprint density at radius 3 is 2.44 bits per heavy atom. The summed E-state index contributed by atoms with van der Waals surface area (Å²) in [6.45, 7) is 6.80. The molecule has 1 aromatic carbocycles. The topological polar surface area (TPSA) is 72.2 Å². The van der Waals surface area contributed by atoms with Crippen LogP contribution in [0.3, 0.4) is 0 Å². The summed E-state index contributed by atoms with van der Waals surface area (Å²) in [5.74, 6) is -0.617. The first kappa shape index (κ1) is 14.9. The molecule has 0 atom stereocenters. The number of sulfonamides is 1. The van der Waals surface area contributed by atoms with Gasteiger partial charge in [-0.1, -0.05) is 20.8 Å². The van der Waals surface area contributed by atoms with E-state index in [-0.39, 0.29) is 16.0 Å². The summed E-state index contributed by atoms with van der Waals surface area (Å²) < 4.78 is 35.8. The Morgan fingerprint density at radius 2 is 2.00 bits per heavy atom. The largest absolute Gasteiger partial charge is 0.382 e. The predicted octanol–water partition coefficient (Wildman–Crippen LogP) is 2.32. The third-order valence-electron chi connectivity index (χ3n) is 2.98. The first-order chi connectivity index (χ1) is 8.15. The fourth-order valence-corrected chi connectivity index (χ4v) is 1.80. The number of rotatable bonds is 5. The summed E-state index contributed by atoms with van der Waals surface area (Å²) in [6.07, 6.45) is 0.955. The number of hydrogen-bond donors (Lipinski definition) is 2. The second-order valence-electron chi connectivity index (χ2n) is 5.06. The SMILES string of the molecule is CCC(C)(C)CNc1ccc(S(N)(=O)=O)cc1F. The Balaban J connectivity index is 2.88. The van der Waals surface area contributed by atoms with E-state index in [1.165, 1.54) is 12.1 Å². The van der Waals surface area contributed by atoms with E-state index < -0.39 is 15.8 Å². The van der Waals surface area contributed by atoms with Gasteiger partial charge in [0.1, 0.15) is 5.82 Å². The summed E-state index contributed by atoms with van der Waals surface area (Å²) in [7, 11) is -3.86. The number of nitrogens with one attached hydrogen (secondary N) is 1. The number of hydrogen-bond acceptors (Lipinski definition) is 3. The van der Waals surface area contributed by atoms with Crippen molar-refractivity contribution in [2.45, 2.75) is 32.1 Å². The molecule has 6 heteroatoms. The summed E-state index contributed by atoms with van der Waals surface area (Å²) >= 11 is 0. The van der Waals surface area contributed by atoms with Gasteiger partial charge in [0, 0.05) is 6.54 Å². The van der Waals surface area contributed by atoms with Crippen molar-refractivity contribution in [3.8, 4) is 0 Å². The van der Waals surface area contributed by atoms with Crippen molar-refractivity contribution in [3.05, 3.63) is 24.0 Å². The molecule has 3 N–H and O–H groups in total. The van der Waals surface area contributed by atoms with E-state index in [1.807, 2.05) is 0 Å². The molecule has 0 aliphatic heterocycles. The molecule has 0 amide bonds. The van der Waals surface area contributed by atoms with E-state index in [1.54, 1.807) is 0 Å². The normalized spacial score (nSPS) is 12.5. The predicted molar refractivity (Wildman–Crippen MR) is 70.3 cm³/mol. The minimum absolute atomic E-state index is 0.0467. The van der Waals surface area contributed by atoms with Gasteiger partial charge in [-0.15, -0.1) is 0 Å². The van der Waals surface area contributed by atoms with Crippen LogP contribution in [0.5, 0.6) is 0 Å². The Labute approximate surface area is 107 Å². The van der Waals surface area contributed by atoms with Crippen molar-refractivity contribution >= 4 is 15.7 Å². The van der Waals surface area contributed by atoms with Crippen LogP contribution in [-0.2, 0) is 10.0 Å². The molecule has 0 heterocycles. The van der Waals surface area contributed by atoms with Crippen LogP contribution in [0.25, 0.3) is 0 Å². The van der Waals surface area contributed by atoms with E-state index in [0.717, 1.165) is 12.5 Å². The maximum Gasteiger partial charge on any atom is 0.238 e. The zero-order chi connectivity index (χ0) is 14.0. The quantitative estimate of drug-likeness (QED) is 0.865. The standard InChI is InChI=1S/C12H19FN2O2S/c1-4-12(2,3)8-15-11-6-5-9(7-10(11)13)18(14,16)17/h5-7,15H,4,8H2,1-3H3,(H2,14,16,17). The van der Waals surface area contributed by atoms with Gasteiger partial charge >= 0.3 is 0 Å². The second-order valence-corrected chi connectivity index (χ2v) is 6.62. The molecule has 0 aromatic heterocycles. The number of nitrogens with two attached hydrogens (primary N) is 1. The Hall–Kier alpha value is -1.14. The van der Waals surface area contributed by atoms with Crippen LogP contribution in [0.1, 0.15) is 27.2 Å². The van der Waals surface area contributed by atoms with Gasteiger partial charge in [0.15, 0.2) is 0 Å². The molecule has 0 unspecified atom stereocenters. The lowest BCUT2D eigenvalue weighted by Crippen LogP contribution is -2.22. The van der Waals surface area contributed by atoms with Gasteiger partial charge in [0.05, 0.1) is 10.6 Å². The zero-order valence-electron chi connectivity index (χ0n) is 10.8. The van der Waals surface area contributed by atoms with E-state index in [9.17, 15) is 12.8 Å². The zero-order valence-corrected chi connectivity index (χ0v) is 11.6. The van der Waals surface area contributed by atoms with E-state index >= 15 is 0 Å². The summed E-state index contributed by atoms with van der Waals surface area (Å²) in [6, 6.07) is 3.61. The van der Waals surface area contributed by atoms with Crippen LogP contribution in [0, 0.1) is 11.2 Å². The summed E-state index contributed by atoms with van der Waals surface area (Å²) in [5, 5.41) is 7.90. The molecule has 0 spiro atoms. The van der Waals surface area contributed by atoms with Gasteiger partial charge < -0.3 is 5.32 Å². The van der Waals surface area contributed by atoms with Crippen molar-refractivity contribution in [2.75, 3.05) is 11.9 Å². The number of primary sulfonamides is 1. The molecule has 0 bridgehead atoms. The van der Waals surface area contributed by atoms with Crippen LogP contribution in [0.15, 0.2) is 23.1 Å². The van der Waals surface area contributed by atoms with Crippen LogP contribution in [-0.4, -0.2) is 15.0 Å². The van der Waals surface area contributed by atoms with Gasteiger partial charge in [0.25, 0.3) is 0 Å².